The third-order valence-corrected chi connectivity index (χ3v) is 5.68. The molecule has 4 nitrogen and oxygen atoms in total. The Balaban J connectivity index is 1.51. The van der Waals surface area contributed by atoms with Crippen molar-refractivity contribution >= 4 is 11.6 Å². The number of nitrogens with zero attached hydrogens (tertiary/aromatic N) is 3. The van der Waals surface area contributed by atoms with E-state index in [-0.39, 0.29) is 11.7 Å². The van der Waals surface area contributed by atoms with Gasteiger partial charge in [0.25, 0.3) is 5.91 Å². The number of aryl methyl sites for hydroxylation is 2. The minimum Gasteiger partial charge on any atom is -0.368 e. The van der Waals surface area contributed by atoms with E-state index >= 15 is 0 Å². The van der Waals surface area contributed by atoms with Gasteiger partial charge in [-0.25, -0.2) is 4.39 Å². The molecule has 0 spiro atoms. The van der Waals surface area contributed by atoms with Gasteiger partial charge in [-0.1, -0.05) is 12.1 Å². The number of carbonyl (C=O) groups excluding carboxylic acids is 1. The van der Waals surface area contributed by atoms with Gasteiger partial charge in [0.15, 0.2) is 0 Å². The van der Waals surface area contributed by atoms with E-state index in [0.29, 0.717) is 13.1 Å². The first kappa shape index (κ1) is 19.2. The summed E-state index contributed by atoms with van der Waals surface area (Å²) in [6, 6.07) is 16.9. The predicted octanol–water partition coefficient (Wildman–Crippen LogP) is 4.50. The quantitative estimate of drug-likeness (QED) is 0.657. The van der Waals surface area contributed by atoms with Crippen molar-refractivity contribution in [2.45, 2.75) is 20.8 Å². The third kappa shape index (κ3) is 3.77. The van der Waals surface area contributed by atoms with Crippen LogP contribution in [-0.4, -0.2) is 41.6 Å². The van der Waals surface area contributed by atoms with E-state index in [2.05, 4.69) is 34.6 Å². The van der Waals surface area contributed by atoms with Crippen molar-refractivity contribution in [3.05, 3.63) is 82.9 Å². The summed E-state index contributed by atoms with van der Waals surface area (Å²) in [4.78, 5) is 17.3. The Morgan fingerprint density at radius 3 is 2.21 bits per heavy atom. The average molecular weight is 391 g/mol. The summed E-state index contributed by atoms with van der Waals surface area (Å²) in [5.41, 5.74) is 6.07. The van der Waals surface area contributed by atoms with E-state index in [1.165, 1.54) is 17.7 Å². The lowest BCUT2D eigenvalue weighted by Gasteiger charge is -2.36. The monoisotopic (exact) mass is 391 g/mol. The molecule has 0 radical (unpaired) electrons. The van der Waals surface area contributed by atoms with Crippen LogP contribution in [0.25, 0.3) is 5.69 Å². The van der Waals surface area contributed by atoms with Gasteiger partial charge in [-0.05, 0) is 68.8 Å². The minimum absolute atomic E-state index is 0.0794. The lowest BCUT2D eigenvalue weighted by molar-refractivity contribution is 0.0746. The first-order chi connectivity index (χ1) is 13.9. The highest BCUT2D eigenvalue weighted by molar-refractivity contribution is 5.96. The molecule has 1 aliphatic rings. The smallest absolute Gasteiger partial charge is 0.255 e. The molecule has 0 N–H and O–H groups in total. The summed E-state index contributed by atoms with van der Waals surface area (Å²) in [7, 11) is 0. The minimum atomic E-state index is -0.230. The SMILES string of the molecule is Cc1cccc(-n2c(C)cc(C(=O)N3CCN(c4ccc(F)cc4)CC3)c2C)c1. The number of hydrogen-bond acceptors (Lipinski definition) is 2. The molecule has 29 heavy (non-hydrogen) atoms. The van der Waals surface area contributed by atoms with Crippen molar-refractivity contribution in [2.75, 3.05) is 31.1 Å². The maximum Gasteiger partial charge on any atom is 0.255 e. The third-order valence-electron chi connectivity index (χ3n) is 5.68. The average Bonchev–Trinajstić information content (AvgIpc) is 3.02. The molecular weight excluding hydrogens is 365 g/mol. The standard InChI is InChI=1S/C24H26FN3O/c1-17-5-4-6-22(15-17)28-18(2)16-23(19(28)3)24(29)27-13-11-26(12-14-27)21-9-7-20(25)8-10-21/h4-10,15-16H,11-14H2,1-3H3. The zero-order valence-electron chi connectivity index (χ0n) is 17.2. The Morgan fingerprint density at radius 2 is 1.55 bits per heavy atom. The second kappa shape index (κ2) is 7.74. The van der Waals surface area contributed by atoms with Crippen LogP contribution in [0.1, 0.15) is 27.3 Å². The van der Waals surface area contributed by atoms with E-state index in [0.717, 1.165) is 41.4 Å². The van der Waals surface area contributed by atoms with E-state index in [1.54, 1.807) is 12.1 Å². The number of piperazine rings is 1. The van der Waals surface area contributed by atoms with Crippen molar-refractivity contribution in [2.24, 2.45) is 0 Å². The number of rotatable bonds is 3. The molecule has 5 heteroatoms. The maximum atomic E-state index is 13.2. The fourth-order valence-corrected chi connectivity index (χ4v) is 4.13. The topological polar surface area (TPSA) is 28.5 Å². The zero-order valence-corrected chi connectivity index (χ0v) is 17.2. The molecule has 3 aromatic rings. The van der Waals surface area contributed by atoms with Crippen LogP contribution in [0.4, 0.5) is 10.1 Å². The molecule has 0 atom stereocenters. The fourth-order valence-electron chi connectivity index (χ4n) is 4.13. The Bertz CT molecular complexity index is 1030. The van der Waals surface area contributed by atoms with Crippen LogP contribution in [0.3, 0.4) is 0 Å². The lowest BCUT2D eigenvalue weighted by atomic mass is 10.1. The second-order valence-electron chi connectivity index (χ2n) is 7.71. The van der Waals surface area contributed by atoms with Crippen LogP contribution in [0.15, 0.2) is 54.6 Å². The van der Waals surface area contributed by atoms with Crippen LogP contribution in [0, 0.1) is 26.6 Å². The first-order valence-corrected chi connectivity index (χ1v) is 10.00. The molecule has 0 bridgehead atoms. The van der Waals surface area contributed by atoms with Crippen LogP contribution in [-0.2, 0) is 0 Å². The van der Waals surface area contributed by atoms with E-state index in [9.17, 15) is 9.18 Å². The lowest BCUT2D eigenvalue weighted by Crippen LogP contribution is -2.48. The number of hydrogen-bond donors (Lipinski definition) is 0. The number of aromatic nitrogens is 1. The molecule has 2 aromatic carbocycles. The van der Waals surface area contributed by atoms with Crippen molar-refractivity contribution in [3.8, 4) is 5.69 Å². The molecule has 0 aliphatic carbocycles. The molecule has 1 saturated heterocycles. The van der Waals surface area contributed by atoms with Gasteiger partial charge in [-0.2, -0.15) is 0 Å². The van der Waals surface area contributed by atoms with Gasteiger partial charge in [-0.15, -0.1) is 0 Å². The Morgan fingerprint density at radius 1 is 0.862 bits per heavy atom. The van der Waals surface area contributed by atoms with Crippen molar-refractivity contribution < 1.29 is 9.18 Å². The number of benzene rings is 2. The number of halogens is 1. The first-order valence-electron chi connectivity index (χ1n) is 10.00. The molecular formula is C24H26FN3O. The van der Waals surface area contributed by atoms with E-state index < -0.39 is 0 Å². The second-order valence-corrected chi connectivity index (χ2v) is 7.71. The molecule has 1 amide bonds. The van der Waals surface area contributed by atoms with Gasteiger partial charge >= 0.3 is 0 Å². The van der Waals surface area contributed by atoms with Crippen LogP contribution >= 0.6 is 0 Å². The molecule has 4 rings (SSSR count). The molecule has 0 saturated carbocycles. The predicted molar refractivity (Wildman–Crippen MR) is 114 cm³/mol. The molecule has 1 fully saturated rings. The van der Waals surface area contributed by atoms with Crippen molar-refractivity contribution in [3.63, 3.8) is 0 Å². The molecule has 1 aromatic heterocycles. The largest absolute Gasteiger partial charge is 0.368 e. The highest BCUT2D eigenvalue weighted by atomic mass is 19.1. The van der Waals surface area contributed by atoms with Crippen LogP contribution in [0.2, 0.25) is 0 Å². The van der Waals surface area contributed by atoms with Gasteiger partial charge < -0.3 is 14.4 Å². The normalized spacial score (nSPS) is 14.3. The Labute approximate surface area is 171 Å². The summed E-state index contributed by atoms with van der Waals surface area (Å²) >= 11 is 0. The summed E-state index contributed by atoms with van der Waals surface area (Å²) in [6.45, 7) is 8.93. The molecule has 0 unspecified atom stereocenters. The molecule has 2 heterocycles. The van der Waals surface area contributed by atoms with Crippen molar-refractivity contribution in [1.82, 2.24) is 9.47 Å². The summed E-state index contributed by atoms with van der Waals surface area (Å²) in [6.07, 6.45) is 0. The summed E-state index contributed by atoms with van der Waals surface area (Å²) in [5, 5.41) is 0. The van der Waals surface area contributed by atoms with E-state index in [4.69, 9.17) is 0 Å². The number of anilines is 1. The van der Waals surface area contributed by atoms with Crippen LogP contribution in [0.5, 0.6) is 0 Å². The Kier molecular flexibility index (Phi) is 5.14. The Hall–Kier alpha value is -3.08. The van der Waals surface area contributed by atoms with Gasteiger partial charge in [0.05, 0.1) is 5.56 Å². The fraction of sp³-hybridized carbons (Fsp3) is 0.292. The van der Waals surface area contributed by atoms with Gasteiger partial charge in [0.1, 0.15) is 5.82 Å². The number of amides is 1. The maximum absolute atomic E-state index is 13.2. The molecule has 1 aliphatic heterocycles. The van der Waals surface area contributed by atoms with Gasteiger partial charge in [0.2, 0.25) is 0 Å². The zero-order chi connectivity index (χ0) is 20.5. The highest BCUT2D eigenvalue weighted by Gasteiger charge is 2.25. The van der Waals surface area contributed by atoms with Gasteiger partial charge in [-0.3, -0.25) is 4.79 Å². The highest BCUT2D eigenvalue weighted by Crippen LogP contribution is 2.24. The number of carbonyl (C=O) groups is 1. The van der Waals surface area contributed by atoms with Gasteiger partial charge in [0, 0.05) is 48.9 Å². The van der Waals surface area contributed by atoms with Crippen molar-refractivity contribution in [1.29, 1.82) is 0 Å². The summed E-state index contributed by atoms with van der Waals surface area (Å²) < 4.78 is 15.3. The van der Waals surface area contributed by atoms with E-state index in [1.807, 2.05) is 30.9 Å². The molecule has 150 valence electrons. The summed E-state index contributed by atoms with van der Waals surface area (Å²) in [5.74, 6) is -0.151. The van der Waals surface area contributed by atoms with Crippen LogP contribution < -0.4 is 4.90 Å².